The van der Waals surface area contributed by atoms with Crippen molar-refractivity contribution < 1.29 is 9.53 Å². The molecule has 3 rings (SSSR count). The van der Waals surface area contributed by atoms with E-state index in [1.165, 1.54) is 5.56 Å². The maximum Gasteiger partial charge on any atom is 0.255 e. The largest absolute Gasteiger partial charge is 0.491 e. The Labute approximate surface area is 136 Å². The summed E-state index contributed by atoms with van der Waals surface area (Å²) in [6.45, 7) is 5.75. The lowest BCUT2D eigenvalue weighted by Crippen LogP contribution is -2.14. The van der Waals surface area contributed by atoms with Crippen LogP contribution in [0.4, 0.5) is 11.4 Å². The molecule has 2 N–H and O–H groups in total. The fourth-order valence-corrected chi connectivity index (χ4v) is 2.59. The van der Waals surface area contributed by atoms with Gasteiger partial charge in [0.25, 0.3) is 5.91 Å². The number of benzene rings is 2. The molecule has 1 aliphatic rings. The molecule has 0 saturated carbocycles. The third kappa shape index (κ3) is 3.65. The smallest absolute Gasteiger partial charge is 0.255 e. The zero-order chi connectivity index (χ0) is 16.2. The number of hydrogen-bond acceptors (Lipinski definition) is 3. The van der Waals surface area contributed by atoms with Gasteiger partial charge in [-0.2, -0.15) is 0 Å². The molecule has 0 unspecified atom stereocenters. The Morgan fingerprint density at radius 3 is 2.91 bits per heavy atom. The molecule has 2 aromatic carbocycles. The van der Waals surface area contributed by atoms with Crippen molar-refractivity contribution in [1.29, 1.82) is 0 Å². The number of ether oxygens (including phenoxy) is 1. The summed E-state index contributed by atoms with van der Waals surface area (Å²) < 4.78 is 5.78. The molecule has 1 aliphatic heterocycles. The summed E-state index contributed by atoms with van der Waals surface area (Å²) in [5.74, 6) is 1.03. The Bertz CT molecular complexity index is 710. The Morgan fingerprint density at radius 1 is 1.26 bits per heavy atom. The van der Waals surface area contributed by atoms with Crippen LogP contribution in [0.1, 0.15) is 29.8 Å². The summed E-state index contributed by atoms with van der Waals surface area (Å²) in [7, 11) is 0. The normalized spacial score (nSPS) is 12.7. The first kappa shape index (κ1) is 15.4. The molecular formula is C19H22N2O2. The number of para-hydroxylation sites is 2. The molecule has 0 aliphatic carbocycles. The van der Waals surface area contributed by atoms with E-state index in [1.54, 1.807) is 0 Å². The molecule has 0 saturated heterocycles. The summed E-state index contributed by atoms with van der Waals surface area (Å²) in [5, 5.41) is 6.26. The van der Waals surface area contributed by atoms with Crippen LogP contribution >= 0.6 is 0 Å². The molecule has 0 radical (unpaired) electrons. The van der Waals surface area contributed by atoms with Crippen molar-refractivity contribution in [3.8, 4) is 5.75 Å². The molecule has 23 heavy (non-hydrogen) atoms. The SMILES string of the molecule is CC(C)COc1ccccc1NC(=O)c1ccc2c(c1)CCN2. The fourth-order valence-electron chi connectivity index (χ4n) is 2.59. The molecule has 1 heterocycles. The number of anilines is 2. The quantitative estimate of drug-likeness (QED) is 0.879. The minimum atomic E-state index is -0.111. The van der Waals surface area contributed by atoms with Crippen LogP contribution in [-0.4, -0.2) is 19.1 Å². The topological polar surface area (TPSA) is 50.4 Å². The Hall–Kier alpha value is -2.49. The van der Waals surface area contributed by atoms with Gasteiger partial charge in [-0.05, 0) is 48.2 Å². The molecule has 2 aromatic rings. The van der Waals surface area contributed by atoms with E-state index in [0.29, 0.717) is 29.5 Å². The van der Waals surface area contributed by atoms with E-state index in [1.807, 2.05) is 42.5 Å². The van der Waals surface area contributed by atoms with Gasteiger partial charge in [-0.15, -0.1) is 0 Å². The van der Waals surface area contributed by atoms with Crippen LogP contribution in [0.15, 0.2) is 42.5 Å². The maximum absolute atomic E-state index is 12.5. The molecule has 0 bridgehead atoms. The Kier molecular flexibility index (Phi) is 4.51. The fraction of sp³-hybridized carbons (Fsp3) is 0.316. The highest BCUT2D eigenvalue weighted by Crippen LogP contribution is 2.26. The zero-order valence-corrected chi connectivity index (χ0v) is 13.6. The molecule has 1 amide bonds. The first-order chi connectivity index (χ1) is 11.1. The zero-order valence-electron chi connectivity index (χ0n) is 13.6. The Balaban J connectivity index is 1.75. The van der Waals surface area contributed by atoms with Crippen LogP contribution in [0, 0.1) is 5.92 Å². The van der Waals surface area contributed by atoms with Crippen LogP contribution in [0.3, 0.4) is 0 Å². The van der Waals surface area contributed by atoms with Gasteiger partial charge in [0.05, 0.1) is 12.3 Å². The lowest BCUT2D eigenvalue weighted by Gasteiger charge is -2.14. The number of nitrogens with one attached hydrogen (secondary N) is 2. The number of hydrogen-bond donors (Lipinski definition) is 2. The molecule has 0 fully saturated rings. The first-order valence-corrected chi connectivity index (χ1v) is 8.03. The van der Waals surface area contributed by atoms with E-state index in [2.05, 4.69) is 24.5 Å². The monoisotopic (exact) mass is 310 g/mol. The Morgan fingerprint density at radius 2 is 2.09 bits per heavy atom. The van der Waals surface area contributed by atoms with E-state index >= 15 is 0 Å². The molecule has 0 atom stereocenters. The molecule has 4 nitrogen and oxygen atoms in total. The predicted octanol–water partition coefficient (Wildman–Crippen LogP) is 3.94. The summed E-state index contributed by atoms with van der Waals surface area (Å²) >= 11 is 0. The van der Waals surface area contributed by atoms with Crippen molar-refractivity contribution in [2.75, 3.05) is 23.8 Å². The van der Waals surface area contributed by atoms with Crippen molar-refractivity contribution in [3.63, 3.8) is 0 Å². The van der Waals surface area contributed by atoms with Crippen LogP contribution in [0.2, 0.25) is 0 Å². The number of carbonyl (C=O) groups excluding carboxylic acids is 1. The number of fused-ring (bicyclic) bond motifs is 1. The molecule has 120 valence electrons. The van der Waals surface area contributed by atoms with Gasteiger partial charge in [0, 0.05) is 17.8 Å². The highest BCUT2D eigenvalue weighted by atomic mass is 16.5. The predicted molar refractivity (Wildman–Crippen MR) is 93.4 cm³/mol. The van der Waals surface area contributed by atoms with Crippen LogP contribution < -0.4 is 15.4 Å². The van der Waals surface area contributed by atoms with E-state index < -0.39 is 0 Å². The molecule has 0 spiro atoms. The van der Waals surface area contributed by atoms with E-state index in [4.69, 9.17) is 4.74 Å². The van der Waals surface area contributed by atoms with Crippen molar-refractivity contribution in [2.45, 2.75) is 20.3 Å². The molecular weight excluding hydrogens is 288 g/mol. The van der Waals surface area contributed by atoms with Gasteiger partial charge in [0.15, 0.2) is 0 Å². The highest BCUT2D eigenvalue weighted by Gasteiger charge is 2.15. The lowest BCUT2D eigenvalue weighted by molar-refractivity contribution is 0.102. The van der Waals surface area contributed by atoms with Crippen LogP contribution in [0.5, 0.6) is 5.75 Å². The van der Waals surface area contributed by atoms with Gasteiger partial charge in [0.1, 0.15) is 5.75 Å². The average Bonchev–Trinajstić information content (AvgIpc) is 3.01. The van der Waals surface area contributed by atoms with Gasteiger partial charge in [-0.3, -0.25) is 4.79 Å². The highest BCUT2D eigenvalue weighted by molar-refractivity contribution is 6.05. The minimum absolute atomic E-state index is 0.111. The third-order valence-corrected chi connectivity index (χ3v) is 3.78. The maximum atomic E-state index is 12.5. The van der Waals surface area contributed by atoms with Gasteiger partial charge in [-0.1, -0.05) is 26.0 Å². The van der Waals surface area contributed by atoms with Gasteiger partial charge in [-0.25, -0.2) is 0 Å². The summed E-state index contributed by atoms with van der Waals surface area (Å²) in [5.41, 5.74) is 3.70. The standard InChI is InChI=1S/C19H22N2O2/c1-13(2)12-23-18-6-4-3-5-17(18)21-19(22)15-7-8-16-14(11-15)9-10-20-16/h3-8,11,13,20H,9-10,12H2,1-2H3,(H,21,22). The molecule has 4 heteroatoms. The summed E-state index contributed by atoms with van der Waals surface area (Å²) in [6, 6.07) is 13.3. The second kappa shape index (κ2) is 6.73. The number of amides is 1. The van der Waals surface area contributed by atoms with Crippen molar-refractivity contribution in [1.82, 2.24) is 0 Å². The van der Waals surface area contributed by atoms with Crippen molar-refractivity contribution in [3.05, 3.63) is 53.6 Å². The summed E-state index contributed by atoms with van der Waals surface area (Å²) in [4.78, 5) is 12.5. The molecule has 0 aromatic heterocycles. The lowest BCUT2D eigenvalue weighted by atomic mass is 10.1. The van der Waals surface area contributed by atoms with Crippen molar-refractivity contribution in [2.24, 2.45) is 5.92 Å². The van der Waals surface area contributed by atoms with Gasteiger partial charge >= 0.3 is 0 Å². The first-order valence-electron chi connectivity index (χ1n) is 8.03. The second-order valence-corrected chi connectivity index (χ2v) is 6.20. The van der Waals surface area contributed by atoms with Gasteiger partial charge < -0.3 is 15.4 Å². The average molecular weight is 310 g/mol. The van der Waals surface area contributed by atoms with Gasteiger partial charge in [0.2, 0.25) is 0 Å². The number of rotatable bonds is 5. The number of carbonyl (C=O) groups is 1. The van der Waals surface area contributed by atoms with Crippen LogP contribution in [-0.2, 0) is 6.42 Å². The van der Waals surface area contributed by atoms with E-state index in [9.17, 15) is 4.79 Å². The summed E-state index contributed by atoms with van der Waals surface area (Å²) in [6.07, 6.45) is 0.963. The van der Waals surface area contributed by atoms with Crippen LogP contribution in [0.25, 0.3) is 0 Å². The van der Waals surface area contributed by atoms with Crippen molar-refractivity contribution >= 4 is 17.3 Å². The van der Waals surface area contributed by atoms with E-state index in [0.717, 1.165) is 18.7 Å². The second-order valence-electron chi connectivity index (χ2n) is 6.20. The minimum Gasteiger partial charge on any atom is -0.491 e. The van der Waals surface area contributed by atoms with E-state index in [-0.39, 0.29) is 5.91 Å². The third-order valence-electron chi connectivity index (χ3n) is 3.78.